The molecule has 0 aromatic carbocycles. The molecule has 0 aromatic heterocycles. The molecule has 1 fully saturated rings. The average molecular weight is 720 g/mol. The Labute approximate surface area is 275 Å². The number of ether oxygens (including phenoxy) is 4. The third-order valence-corrected chi connectivity index (χ3v) is 8.24. The quantitative estimate of drug-likeness (QED) is 0.0642. The first-order valence-electron chi connectivity index (χ1n) is 15.7. The minimum Gasteiger partial charge on any atom is -0.754 e. The third-order valence-electron chi connectivity index (χ3n) is 6.71. The van der Waals surface area contributed by atoms with E-state index in [4.69, 9.17) is 23.5 Å². The molecule has 2 N–H and O–H groups in total. The van der Waals surface area contributed by atoms with Crippen molar-refractivity contribution in [3.05, 3.63) is 0 Å². The first-order valence-corrected chi connectivity index (χ1v) is 19.7. The van der Waals surface area contributed by atoms with Gasteiger partial charge in [0.2, 0.25) is 11.6 Å². The molecule has 0 saturated heterocycles. The second kappa shape index (κ2) is 25.3. The Morgan fingerprint density at radius 1 is 0.702 bits per heavy atom. The van der Waals surface area contributed by atoms with Gasteiger partial charge in [-0.2, -0.15) is 0 Å². The van der Waals surface area contributed by atoms with Crippen molar-refractivity contribution in [1.29, 1.82) is 0 Å². The predicted molar refractivity (Wildman–Crippen MR) is 164 cm³/mol. The number of phosphoric acid groups is 1. The second-order valence-corrected chi connectivity index (χ2v) is 15.2. The zero-order valence-corrected chi connectivity index (χ0v) is 29.1. The first-order chi connectivity index (χ1) is 22.3. The lowest BCUT2D eigenvalue weighted by Gasteiger charge is -2.30. The van der Waals surface area contributed by atoms with Gasteiger partial charge in [0, 0.05) is 59.1 Å². The number of Topliss-reactive ketones (excluding diaryl/α,β-unsaturated/α-hetero) is 2. The van der Waals surface area contributed by atoms with Crippen LogP contribution in [0.1, 0.15) is 57.8 Å². The predicted octanol–water partition coefficient (Wildman–Crippen LogP) is 1.87. The fraction of sp³-hybridized carbons (Fsp3) is 0.857. The van der Waals surface area contributed by atoms with Gasteiger partial charge in [-0.1, -0.05) is 0 Å². The number of phosphoric ester groups is 1. The topological polar surface area (TPSA) is 214 Å². The number of rotatable bonds is 29. The van der Waals surface area contributed by atoms with Crippen LogP contribution in [0.3, 0.4) is 0 Å². The van der Waals surface area contributed by atoms with Crippen LogP contribution < -0.4 is 15.5 Å². The highest BCUT2D eigenvalue weighted by Gasteiger charge is 2.28. The van der Waals surface area contributed by atoms with Crippen LogP contribution in [0.25, 0.3) is 0 Å². The smallest absolute Gasteiger partial charge is 0.303 e. The van der Waals surface area contributed by atoms with Crippen LogP contribution in [-0.4, -0.2) is 115 Å². The molecule has 0 radical (unpaired) electrons. The molecule has 1 unspecified atom stereocenters. The maximum absolute atomic E-state index is 12.2. The van der Waals surface area contributed by atoms with E-state index in [2.05, 4.69) is 19.9 Å². The molecule has 16 nitrogen and oxygen atoms in total. The highest BCUT2D eigenvalue weighted by Crippen LogP contribution is 2.43. The number of ketones is 2. The summed E-state index contributed by atoms with van der Waals surface area (Å²) in [6.45, 7) is 6.57. The first kappa shape index (κ1) is 43.4. The molecule has 0 heterocycles. The van der Waals surface area contributed by atoms with E-state index in [0.717, 1.165) is 0 Å². The van der Waals surface area contributed by atoms with E-state index in [1.807, 2.05) is 0 Å². The highest BCUT2D eigenvalue weighted by molar-refractivity contribution is 7.57. The Hall–Kier alpha value is -1.65. The highest BCUT2D eigenvalue weighted by atomic mass is 31.2. The zero-order chi connectivity index (χ0) is 35.0. The Kier molecular flexibility index (Phi) is 23.4. The monoisotopic (exact) mass is 719 g/mol. The summed E-state index contributed by atoms with van der Waals surface area (Å²) in [6.07, 6.45) is 2.45. The number of carbonyl (C=O) groups excluding carboxylic acids is 4. The molecule has 1 saturated carbocycles. The SMILES string of the molecule is CP(C)(=O)OCCOCCCC(=O)C(=O)NCCCOCCOCCOCCCNC(=O)C(=O)CC1CCC(OP(=O)([O-])OF)CC1. The molecule has 0 bridgehead atoms. The molecule has 1 rings (SSSR count). The van der Waals surface area contributed by atoms with E-state index in [-0.39, 0.29) is 38.5 Å². The zero-order valence-electron chi connectivity index (χ0n) is 27.3. The Morgan fingerprint density at radius 3 is 1.68 bits per heavy atom. The fourth-order valence-corrected chi connectivity index (χ4v) is 5.48. The summed E-state index contributed by atoms with van der Waals surface area (Å²) in [5.74, 6) is -2.46. The van der Waals surface area contributed by atoms with Gasteiger partial charge >= 0.3 is 7.82 Å². The largest absolute Gasteiger partial charge is 0.754 e. The number of amides is 2. The van der Waals surface area contributed by atoms with E-state index >= 15 is 0 Å². The number of carbonyl (C=O) groups is 4. The lowest BCUT2D eigenvalue weighted by molar-refractivity contribution is -0.258. The summed E-state index contributed by atoms with van der Waals surface area (Å²) in [6, 6.07) is 0. The third kappa shape index (κ3) is 24.2. The number of hydrogen-bond donors (Lipinski definition) is 2. The van der Waals surface area contributed by atoms with Gasteiger partial charge in [0.15, 0.2) is 7.37 Å². The molecule has 274 valence electrons. The minimum atomic E-state index is -4.95. The molecule has 0 aromatic rings. The van der Waals surface area contributed by atoms with Crippen LogP contribution >= 0.6 is 15.2 Å². The van der Waals surface area contributed by atoms with Gasteiger partial charge < -0.3 is 43.5 Å². The van der Waals surface area contributed by atoms with Gasteiger partial charge in [0.1, 0.15) is 0 Å². The van der Waals surface area contributed by atoms with Gasteiger partial charge in [-0.15, -0.1) is 4.73 Å². The second-order valence-electron chi connectivity index (χ2n) is 11.2. The molecule has 0 spiro atoms. The van der Waals surface area contributed by atoms with Crippen LogP contribution in [0, 0.1) is 5.92 Å². The Morgan fingerprint density at radius 2 is 1.17 bits per heavy atom. The molecule has 2 amide bonds. The van der Waals surface area contributed by atoms with Gasteiger partial charge in [0.05, 0.1) is 45.7 Å². The molecule has 0 aliphatic heterocycles. The van der Waals surface area contributed by atoms with E-state index in [1.54, 1.807) is 0 Å². The summed E-state index contributed by atoms with van der Waals surface area (Å²) in [4.78, 5) is 58.9. The summed E-state index contributed by atoms with van der Waals surface area (Å²) >= 11 is 0. The Bertz CT molecular complexity index is 1020. The van der Waals surface area contributed by atoms with Crippen molar-refractivity contribution in [2.24, 2.45) is 5.92 Å². The van der Waals surface area contributed by atoms with Gasteiger partial charge in [-0.3, -0.25) is 28.3 Å². The minimum absolute atomic E-state index is 0.0448. The molecule has 1 aliphatic carbocycles. The lowest BCUT2D eigenvalue weighted by Crippen LogP contribution is -2.34. The summed E-state index contributed by atoms with van der Waals surface area (Å²) in [5.41, 5.74) is 0. The molecule has 1 aliphatic rings. The van der Waals surface area contributed by atoms with Crippen LogP contribution in [0.5, 0.6) is 0 Å². The van der Waals surface area contributed by atoms with Gasteiger partial charge in [0.25, 0.3) is 11.8 Å². The fourth-order valence-electron chi connectivity index (χ4n) is 4.35. The van der Waals surface area contributed by atoms with Crippen molar-refractivity contribution in [3.8, 4) is 0 Å². The molecular formula is C28H50FN2O14P2-. The van der Waals surface area contributed by atoms with Crippen LogP contribution in [0.4, 0.5) is 4.53 Å². The van der Waals surface area contributed by atoms with Gasteiger partial charge in [-0.25, -0.2) is 0 Å². The lowest BCUT2D eigenvalue weighted by atomic mass is 9.84. The van der Waals surface area contributed by atoms with Gasteiger partial charge in [-0.05, 0) is 55.4 Å². The van der Waals surface area contributed by atoms with E-state index in [1.165, 1.54) is 13.3 Å². The molecule has 19 heteroatoms. The van der Waals surface area contributed by atoms with Crippen molar-refractivity contribution in [2.75, 3.05) is 85.9 Å². The average Bonchev–Trinajstić information content (AvgIpc) is 3.02. The van der Waals surface area contributed by atoms with E-state index < -0.39 is 44.7 Å². The summed E-state index contributed by atoms with van der Waals surface area (Å²) in [7, 11) is -7.48. The van der Waals surface area contributed by atoms with E-state index in [0.29, 0.717) is 97.7 Å². The maximum atomic E-state index is 12.2. The number of nitrogens with one attached hydrogen (secondary N) is 2. The van der Waals surface area contributed by atoms with Crippen LogP contribution in [-0.2, 0) is 61.0 Å². The number of halogens is 1. The van der Waals surface area contributed by atoms with Crippen molar-refractivity contribution in [2.45, 2.75) is 63.9 Å². The van der Waals surface area contributed by atoms with Crippen molar-refractivity contribution < 1.29 is 70.5 Å². The molecular weight excluding hydrogens is 669 g/mol. The van der Waals surface area contributed by atoms with Crippen molar-refractivity contribution >= 4 is 38.6 Å². The number of hydrogen-bond acceptors (Lipinski definition) is 14. The van der Waals surface area contributed by atoms with Crippen LogP contribution in [0.2, 0.25) is 0 Å². The standard InChI is InChI=1S/C28H51FN2O14P2/c1-46(2,36)43-21-20-39-13-3-6-25(32)27(34)30-11-4-14-40-16-18-42-19-17-41-15-5-12-31-28(35)26(33)22-23-7-9-24(10-8-23)44-47(37,38)45-29/h23-24H,3-22H2,1-2H3,(H,30,34)(H,31,35)(H,37,38)/p-1. The van der Waals surface area contributed by atoms with E-state index in [9.17, 15) is 37.7 Å². The summed E-state index contributed by atoms with van der Waals surface area (Å²) < 4.78 is 68.4. The maximum Gasteiger partial charge on any atom is 0.303 e. The van der Waals surface area contributed by atoms with Crippen LogP contribution in [0.15, 0.2) is 0 Å². The van der Waals surface area contributed by atoms with Crippen molar-refractivity contribution in [3.63, 3.8) is 0 Å². The normalized spacial score (nSPS) is 18.0. The molecule has 1 atom stereocenters. The van der Waals surface area contributed by atoms with Crippen molar-refractivity contribution in [1.82, 2.24) is 10.6 Å². The summed E-state index contributed by atoms with van der Waals surface area (Å²) in [5, 5.41) is 5.12. The molecule has 47 heavy (non-hydrogen) atoms. The Balaban J connectivity index is 1.88.